The molecule has 0 aromatic carbocycles. The highest BCUT2D eigenvalue weighted by atomic mass is 16.5. The lowest BCUT2D eigenvalue weighted by Crippen LogP contribution is -2.46. The fraction of sp³-hybridized carbons (Fsp3) is 1.00. The van der Waals surface area contributed by atoms with Gasteiger partial charge in [0.15, 0.2) is 0 Å². The minimum absolute atomic E-state index is 0.342. The maximum absolute atomic E-state index is 5.50. The van der Waals surface area contributed by atoms with Crippen LogP contribution in [0, 0.1) is 34.5 Å². The van der Waals surface area contributed by atoms with Crippen LogP contribution in [0.15, 0.2) is 0 Å². The summed E-state index contributed by atoms with van der Waals surface area (Å²) < 4.78 is 5.50. The average Bonchev–Trinajstić information content (AvgIpc) is 2.86. The number of methoxy groups -OCH3 is 1. The molecule has 2 bridgehead atoms. The molecule has 0 aliphatic heterocycles. The van der Waals surface area contributed by atoms with Crippen molar-refractivity contribution in [1.29, 1.82) is 0 Å². The molecule has 17 heavy (non-hydrogen) atoms. The van der Waals surface area contributed by atoms with E-state index >= 15 is 0 Å². The number of ether oxygens (including phenoxy) is 1. The summed E-state index contributed by atoms with van der Waals surface area (Å²) in [7, 11) is 1.86. The second kappa shape index (κ2) is 3.73. The van der Waals surface area contributed by atoms with E-state index in [4.69, 9.17) is 4.74 Å². The molecule has 0 amide bonds. The van der Waals surface area contributed by atoms with Gasteiger partial charge in [0, 0.05) is 7.11 Å². The average molecular weight is 236 g/mol. The van der Waals surface area contributed by atoms with Gasteiger partial charge in [0.1, 0.15) is 0 Å². The van der Waals surface area contributed by atoms with Crippen molar-refractivity contribution in [2.75, 3.05) is 13.7 Å². The van der Waals surface area contributed by atoms with Crippen LogP contribution >= 0.6 is 0 Å². The lowest BCUT2D eigenvalue weighted by atomic mass is 9.55. The molecule has 5 atom stereocenters. The molecule has 98 valence electrons. The van der Waals surface area contributed by atoms with Gasteiger partial charge in [-0.3, -0.25) is 0 Å². The summed E-state index contributed by atoms with van der Waals surface area (Å²) in [5, 5.41) is 0. The largest absolute Gasteiger partial charge is 0.384 e. The van der Waals surface area contributed by atoms with E-state index in [1.807, 2.05) is 7.11 Å². The van der Waals surface area contributed by atoms with Crippen LogP contribution in [-0.2, 0) is 4.74 Å². The second-order valence-electron chi connectivity index (χ2n) is 7.80. The molecule has 3 aliphatic carbocycles. The second-order valence-corrected chi connectivity index (χ2v) is 7.80. The Bertz CT molecular complexity index is 309. The molecule has 3 fully saturated rings. The molecule has 0 radical (unpaired) electrons. The van der Waals surface area contributed by atoms with Gasteiger partial charge < -0.3 is 4.74 Å². The Morgan fingerprint density at radius 1 is 1.24 bits per heavy atom. The third kappa shape index (κ3) is 1.47. The predicted molar refractivity (Wildman–Crippen MR) is 70.8 cm³/mol. The van der Waals surface area contributed by atoms with Gasteiger partial charge in [-0.1, -0.05) is 27.2 Å². The Balaban J connectivity index is 1.86. The summed E-state index contributed by atoms with van der Waals surface area (Å²) in [6.07, 6.45) is 7.55. The summed E-state index contributed by atoms with van der Waals surface area (Å²) in [4.78, 5) is 0. The van der Waals surface area contributed by atoms with Crippen LogP contribution in [0.5, 0.6) is 0 Å². The molecule has 0 heterocycles. The fourth-order valence-electron chi connectivity index (χ4n) is 5.75. The zero-order chi connectivity index (χ0) is 12.3. The summed E-state index contributed by atoms with van der Waals surface area (Å²) in [5.74, 6) is 4.21. The highest BCUT2D eigenvalue weighted by Crippen LogP contribution is 2.69. The molecule has 3 rings (SSSR count). The maximum Gasteiger partial charge on any atom is 0.0518 e. The van der Waals surface area contributed by atoms with Gasteiger partial charge in [-0.2, -0.15) is 0 Å². The van der Waals surface area contributed by atoms with E-state index in [9.17, 15) is 0 Å². The number of fused-ring (bicyclic) bond motifs is 5. The first kappa shape index (κ1) is 12.0. The quantitative estimate of drug-likeness (QED) is 0.716. The molecule has 1 nitrogen and oxygen atoms in total. The van der Waals surface area contributed by atoms with Gasteiger partial charge in [0.2, 0.25) is 0 Å². The van der Waals surface area contributed by atoms with E-state index in [2.05, 4.69) is 20.8 Å². The smallest absolute Gasteiger partial charge is 0.0518 e. The maximum atomic E-state index is 5.50. The Morgan fingerprint density at radius 2 is 1.94 bits per heavy atom. The van der Waals surface area contributed by atoms with Crippen molar-refractivity contribution < 1.29 is 4.74 Å². The van der Waals surface area contributed by atoms with Gasteiger partial charge in [-0.15, -0.1) is 0 Å². The molecule has 0 spiro atoms. The Morgan fingerprint density at radius 3 is 2.65 bits per heavy atom. The lowest BCUT2D eigenvalue weighted by molar-refractivity contribution is -0.0575. The van der Waals surface area contributed by atoms with Crippen molar-refractivity contribution in [2.24, 2.45) is 34.5 Å². The van der Waals surface area contributed by atoms with Gasteiger partial charge in [0.25, 0.3) is 0 Å². The van der Waals surface area contributed by atoms with E-state index in [-0.39, 0.29) is 0 Å². The van der Waals surface area contributed by atoms with Crippen molar-refractivity contribution in [2.45, 2.75) is 52.9 Å². The molecule has 0 aromatic heterocycles. The Hall–Kier alpha value is -0.0400. The topological polar surface area (TPSA) is 9.23 Å². The van der Waals surface area contributed by atoms with Crippen LogP contribution in [-0.4, -0.2) is 13.7 Å². The van der Waals surface area contributed by atoms with Crippen LogP contribution in [0.4, 0.5) is 0 Å². The number of hydrogen-bond donors (Lipinski definition) is 0. The molecule has 0 aromatic rings. The molecule has 1 heteroatoms. The Kier molecular flexibility index (Phi) is 2.63. The molecule has 5 unspecified atom stereocenters. The van der Waals surface area contributed by atoms with E-state index < -0.39 is 0 Å². The van der Waals surface area contributed by atoms with Crippen LogP contribution in [0.25, 0.3) is 0 Å². The summed E-state index contributed by atoms with van der Waals surface area (Å²) >= 11 is 0. The van der Waals surface area contributed by atoms with E-state index in [1.54, 1.807) is 0 Å². The van der Waals surface area contributed by atoms with Gasteiger partial charge in [0.05, 0.1) is 6.61 Å². The molecule has 0 N–H and O–H groups in total. The summed E-state index contributed by atoms with van der Waals surface area (Å²) in [6, 6.07) is 0. The normalized spacial score (nSPS) is 48.7. The van der Waals surface area contributed by atoms with Crippen molar-refractivity contribution >= 4 is 0 Å². The van der Waals surface area contributed by atoms with E-state index in [1.165, 1.54) is 32.1 Å². The number of rotatable bonds is 3. The first-order valence-corrected chi connectivity index (χ1v) is 7.48. The highest BCUT2D eigenvalue weighted by molar-refractivity contribution is 5.11. The SMILES string of the molecule is COCC(C)(C)C1(C)CC2CC1C1CCCC21. The van der Waals surface area contributed by atoms with Crippen LogP contribution in [0.3, 0.4) is 0 Å². The monoisotopic (exact) mass is 236 g/mol. The highest BCUT2D eigenvalue weighted by Gasteiger charge is 2.62. The standard InChI is InChI=1S/C16H28O/c1-15(2,10-17-4)16(3)9-11-8-14(16)13-7-5-6-12(11)13/h11-14H,5-10H2,1-4H3. The first-order chi connectivity index (χ1) is 7.99. The van der Waals surface area contributed by atoms with Crippen molar-refractivity contribution in [3.05, 3.63) is 0 Å². The minimum atomic E-state index is 0.342. The zero-order valence-electron chi connectivity index (χ0n) is 12.0. The molecule has 3 saturated carbocycles. The zero-order valence-corrected chi connectivity index (χ0v) is 12.0. The lowest BCUT2D eigenvalue weighted by Gasteiger charge is -2.50. The third-order valence-electron chi connectivity index (χ3n) is 6.86. The predicted octanol–water partition coefficient (Wildman–Crippen LogP) is 4.12. The van der Waals surface area contributed by atoms with Crippen LogP contribution in [0.2, 0.25) is 0 Å². The van der Waals surface area contributed by atoms with Gasteiger partial charge >= 0.3 is 0 Å². The van der Waals surface area contributed by atoms with Crippen molar-refractivity contribution in [3.63, 3.8) is 0 Å². The van der Waals surface area contributed by atoms with Crippen molar-refractivity contribution in [3.8, 4) is 0 Å². The van der Waals surface area contributed by atoms with Gasteiger partial charge in [-0.25, -0.2) is 0 Å². The molecule has 0 saturated heterocycles. The molecular weight excluding hydrogens is 208 g/mol. The molecular formula is C16H28O. The first-order valence-electron chi connectivity index (χ1n) is 7.48. The van der Waals surface area contributed by atoms with Crippen LogP contribution < -0.4 is 0 Å². The minimum Gasteiger partial charge on any atom is -0.384 e. The number of hydrogen-bond acceptors (Lipinski definition) is 1. The van der Waals surface area contributed by atoms with Crippen molar-refractivity contribution in [1.82, 2.24) is 0 Å². The fourth-order valence-corrected chi connectivity index (χ4v) is 5.75. The molecule has 3 aliphatic rings. The summed E-state index contributed by atoms with van der Waals surface area (Å²) in [6.45, 7) is 8.34. The summed E-state index contributed by atoms with van der Waals surface area (Å²) in [5.41, 5.74) is 0.869. The van der Waals surface area contributed by atoms with Gasteiger partial charge in [-0.05, 0) is 60.2 Å². The third-order valence-corrected chi connectivity index (χ3v) is 6.86. The Labute approximate surface area is 106 Å². The van der Waals surface area contributed by atoms with E-state index in [0.29, 0.717) is 10.8 Å². The van der Waals surface area contributed by atoms with E-state index in [0.717, 1.165) is 30.3 Å². The van der Waals surface area contributed by atoms with Crippen LogP contribution in [0.1, 0.15) is 52.9 Å².